The molecule has 13 heteroatoms. The number of nitrogens with one attached hydrogen (secondary N) is 3. The van der Waals surface area contributed by atoms with Gasteiger partial charge in [-0.2, -0.15) is 13.2 Å². The third kappa shape index (κ3) is 8.14. The highest BCUT2D eigenvalue weighted by Crippen LogP contribution is 2.29. The number of rotatable bonds is 7. The number of aliphatic imine (C=N–C) groups is 1. The number of thiazole rings is 1. The third-order valence-electron chi connectivity index (χ3n) is 3.57. The van der Waals surface area contributed by atoms with E-state index in [1.165, 1.54) is 7.05 Å². The molecule has 2 rings (SSSR count). The predicted molar refractivity (Wildman–Crippen MR) is 118 cm³/mol. The van der Waals surface area contributed by atoms with Crippen LogP contribution in [-0.2, 0) is 24.1 Å². The van der Waals surface area contributed by atoms with Crippen molar-refractivity contribution in [2.75, 3.05) is 13.6 Å². The summed E-state index contributed by atoms with van der Waals surface area (Å²) < 4.78 is 37.7. The molecule has 0 aliphatic heterocycles. The van der Waals surface area contributed by atoms with Crippen molar-refractivity contribution in [3.8, 4) is 0 Å². The molecule has 2 aromatic rings. The number of benzene rings is 1. The third-order valence-corrected chi connectivity index (χ3v) is 4.42. The van der Waals surface area contributed by atoms with Gasteiger partial charge in [-0.1, -0.05) is 12.1 Å². The zero-order valence-corrected chi connectivity index (χ0v) is 18.9. The average molecular weight is 556 g/mol. The van der Waals surface area contributed by atoms with E-state index in [1.807, 2.05) is 0 Å². The maximum atomic E-state index is 12.6. The Bertz CT molecular complexity index is 886. The zero-order valence-electron chi connectivity index (χ0n) is 15.7. The molecule has 1 heterocycles. The minimum Gasteiger partial charge on any atom is -0.368 e. The Morgan fingerprint density at radius 1 is 1.13 bits per heavy atom. The highest BCUT2D eigenvalue weighted by molar-refractivity contribution is 14.0. The molecule has 1 aromatic heterocycles. The van der Waals surface area contributed by atoms with Gasteiger partial charge in [-0.25, -0.2) is 4.98 Å². The smallest absolute Gasteiger partial charge is 0.368 e. The molecule has 0 aliphatic rings. The second-order valence-corrected chi connectivity index (χ2v) is 6.69. The lowest BCUT2D eigenvalue weighted by molar-refractivity contribution is -0.140. The van der Waals surface area contributed by atoms with Crippen molar-refractivity contribution in [1.29, 1.82) is 0 Å². The minimum atomic E-state index is -4.46. The molecule has 0 unspecified atom stereocenters. The largest absolute Gasteiger partial charge is 0.434 e. The number of hydrogen-bond donors (Lipinski definition) is 4. The fourth-order valence-corrected chi connectivity index (χ4v) is 2.87. The number of nitrogens with zero attached hydrogens (tertiary/aromatic N) is 2. The van der Waals surface area contributed by atoms with Gasteiger partial charge in [0.15, 0.2) is 11.7 Å². The Kier molecular flexibility index (Phi) is 9.98. The summed E-state index contributed by atoms with van der Waals surface area (Å²) in [7, 11) is 1.53. The first-order valence-corrected chi connectivity index (χ1v) is 9.18. The van der Waals surface area contributed by atoms with Crippen LogP contribution in [0.1, 0.15) is 26.6 Å². The molecule has 0 bridgehead atoms. The number of halogens is 4. The molecule has 0 aliphatic carbocycles. The van der Waals surface area contributed by atoms with Crippen LogP contribution in [0.15, 0.2) is 34.6 Å². The first-order valence-electron chi connectivity index (χ1n) is 8.30. The van der Waals surface area contributed by atoms with Crippen molar-refractivity contribution in [2.24, 2.45) is 10.7 Å². The first kappa shape index (κ1) is 25.6. The van der Waals surface area contributed by atoms with Crippen LogP contribution < -0.4 is 21.7 Å². The summed E-state index contributed by atoms with van der Waals surface area (Å²) in [6, 6.07) is 6.63. The first-order chi connectivity index (χ1) is 13.7. The number of guanidine groups is 1. The molecule has 5 N–H and O–H groups in total. The van der Waals surface area contributed by atoms with E-state index < -0.39 is 23.7 Å². The summed E-state index contributed by atoms with van der Waals surface area (Å²) in [6.07, 6.45) is -4.46. The fraction of sp³-hybridized carbons (Fsp3) is 0.294. The zero-order chi connectivity index (χ0) is 21.4. The summed E-state index contributed by atoms with van der Waals surface area (Å²) in [5.74, 6) is -0.662. The Balaban J connectivity index is 0.00000450. The minimum absolute atomic E-state index is 0. The molecule has 2 amide bonds. The van der Waals surface area contributed by atoms with Gasteiger partial charge in [-0.15, -0.1) is 35.3 Å². The van der Waals surface area contributed by atoms with E-state index in [-0.39, 0.29) is 42.1 Å². The summed E-state index contributed by atoms with van der Waals surface area (Å²) >= 11 is 0.910. The van der Waals surface area contributed by atoms with Gasteiger partial charge in [-0.3, -0.25) is 14.6 Å². The van der Waals surface area contributed by atoms with E-state index in [1.54, 1.807) is 24.3 Å². The second-order valence-electron chi connectivity index (χ2n) is 5.75. The molecule has 1 aromatic carbocycles. The molecule has 0 fully saturated rings. The molecule has 0 radical (unpaired) electrons. The topological polar surface area (TPSA) is 122 Å². The van der Waals surface area contributed by atoms with Gasteiger partial charge in [0.1, 0.15) is 5.01 Å². The number of carbonyl (C=O) groups is 2. The van der Waals surface area contributed by atoms with Crippen molar-refractivity contribution >= 4 is 53.1 Å². The summed E-state index contributed by atoms with van der Waals surface area (Å²) in [5, 5.41) is 9.54. The molecule has 30 heavy (non-hydrogen) atoms. The Labute approximate surface area is 191 Å². The van der Waals surface area contributed by atoms with E-state index in [4.69, 9.17) is 5.73 Å². The maximum absolute atomic E-state index is 12.6. The molecule has 8 nitrogen and oxygen atoms in total. The molecular weight excluding hydrogens is 536 g/mol. The molecule has 0 atom stereocenters. The van der Waals surface area contributed by atoms with Crippen LogP contribution in [0.3, 0.4) is 0 Å². The summed E-state index contributed by atoms with van der Waals surface area (Å²) in [6.45, 7) is 0.224. The monoisotopic (exact) mass is 556 g/mol. The van der Waals surface area contributed by atoms with Crippen LogP contribution in [-0.4, -0.2) is 36.4 Å². The highest BCUT2D eigenvalue weighted by Gasteiger charge is 2.33. The van der Waals surface area contributed by atoms with Crippen molar-refractivity contribution < 1.29 is 22.8 Å². The van der Waals surface area contributed by atoms with Gasteiger partial charge < -0.3 is 21.7 Å². The Morgan fingerprint density at radius 3 is 2.30 bits per heavy atom. The molecule has 164 valence electrons. The highest BCUT2D eigenvalue weighted by atomic mass is 127. The number of amides is 2. The van der Waals surface area contributed by atoms with Gasteiger partial charge in [0.25, 0.3) is 5.91 Å². The van der Waals surface area contributed by atoms with E-state index in [9.17, 15) is 22.8 Å². The molecule has 0 spiro atoms. The van der Waals surface area contributed by atoms with Crippen LogP contribution in [0.4, 0.5) is 13.2 Å². The van der Waals surface area contributed by atoms with Gasteiger partial charge in [0.2, 0.25) is 5.91 Å². The number of carbonyl (C=O) groups excluding carboxylic acids is 2. The lowest BCUT2D eigenvalue weighted by Crippen LogP contribution is -2.36. The van der Waals surface area contributed by atoms with Gasteiger partial charge in [-0.05, 0) is 17.7 Å². The molecular formula is C17H20F3IN6O2S. The number of hydrogen-bond acceptors (Lipinski definition) is 5. The Hall–Kier alpha value is -2.42. The normalized spacial score (nSPS) is 11.4. The standard InChI is InChI=1S/C17H19F3N6O2S.HI/c1-22-16(25-8-14-26-12(9-29-14)17(18,19)20)24-6-10-2-4-11(5-3-10)15(28)23-7-13(21)27;/h2-5,9H,6-8H2,1H3,(H2,21,27)(H,23,28)(H2,22,24,25);1H. The molecule has 0 saturated heterocycles. The van der Waals surface area contributed by atoms with Crippen molar-refractivity contribution in [3.05, 3.63) is 51.5 Å². The van der Waals surface area contributed by atoms with Gasteiger partial charge in [0, 0.05) is 24.5 Å². The van der Waals surface area contributed by atoms with Crippen LogP contribution >= 0.6 is 35.3 Å². The van der Waals surface area contributed by atoms with E-state index in [0.29, 0.717) is 18.1 Å². The SMILES string of the molecule is CN=C(NCc1ccc(C(=O)NCC(N)=O)cc1)NCc1nc(C(F)(F)F)cs1.I. The lowest BCUT2D eigenvalue weighted by Gasteiger charge is -2.11. The number of nitrogens with two attached hydrogens (primary N) is 1. The Morgan fingerprint density at radius 2 is 1.77 bits per heavy atom. The quantitative estimate of drug-likeness (QED) is 0.236. The number of primary amides is 1. The van der Waals surface area contributed by atoms with Crippen molar-refractivity contribution in [2.45, 2.75) is 19.3 Å². The second kappa shape index (κ2) is 11.7. The van der Waals surface area contributed by atoms with Crippen LogP contribution in [0.2, 0.25) is 0 Å². The molecule has 0 saturated carbocycles. The summed E-state index contributed by atoms with van der Waals surface area (Å²) in [4.78, 5) is 30.0. The predicted octanol–water partition coefficient (Wildman–Crippen LogP) is 1.86. The van der Waals surface area contributed by atoms with E-state index in [2.05, 4.69) is 25.9 Å². The lowest BCUT2D eigenvalue weighted by atomic mass is 10.1. The van der Waals surface area contributed by atoms with E-state index >= 15 is 0 Å². The van der Waals surface area contributed by atoms with Crippen LogP contribution in [0, 0.1) is 0 Å². The van der Waals surface area contributed by atoms with Gasteiger partial charge in [0.05, 0.1) is 13.1 Å². The van der Waals surface area contributed by atoms with Gasteiger partial charge >= 0.3 is 6.18 Å². The number of alkyl halides is 3. The van der Waals surface area contributed by atoms with Crippen LogP contribution in [0.25, 0.3) is 0 Å². The van der Waals surface area contributed by atoms with Crippen LogP contribution in [0.5, 0.6) is 0 Å². The van der Waals surface area contributed by atoms with Crippen molar-refractivity contribution in [1.82, 2.24) is 20.9 Å². The average Bonchev–Trinajstić information content (AvgIpc) is 3.16. The maximum Gasteiger partial charge on any atom is 0.434 e. The van der Waals surface area contributed by atoms with Crippen molar-refractivity contribution in [3.63, 3.8) is 0 Å². The number of aromatic nitrogens is 1. The fourth-order valence-electron chi connectivity index (χ4n) is 2.13. The summed E-state index contributed by atoms with van der Waals surface area (Å²) in [5.41, 5.74) is 5.28. The van der Waals surface area contributed by atoms with E-state index in [0.717, 1.165) is 22.3 Å².